The third-order valence-corrected chi connectivity index (χ3v) is 12.6. The van der Waals surface area contributed by atoms with Crippen molar-refractivity contribution in [2.45, 2.75) is 257 Å². The molecule has 0 saturated heterocycles. The number of unbranched alkanes of at least 4 members (excludes halogenated alkanes) is 32. The number of carbonyl (C=O) groups is 1. The summed E-state index contributed by atoms with van der Waals surface area (Å²) in [5.74, 6) is -0.209. The van der Waals surface area contributed by atoms with E-state index in [0.29, 0.717) is 17.4 Å². The number of phosphoric acid groups is 1. The smallest absolute Gasteiger partial charge is 0.268 e. The van der Waals surface area contributed by atoms with Gasteiger partial charge in [0, 0.05) is 6.42 Å². The van der Waals surface area contributed by atoms with Crippen molar-refractivity contribution < 1.29 is 32.9 Å². The molecular weight excluding hydrogens is 768 g/mol. The molecule has 0 aromatic carbocycles. The molecule has 0 radical (unpaired) electrons. The second kappa shape index (κ2) is 43.2. The number of quaternary nitrogens is 1. The fourth-order valence-corrected chi connectivity index (χ4v) is 8.30. The van der Waals surface area contributed by atoms with Gasteiger partial charge in [0.2, 0.25) is 5.91 Å². The molecule has 0 spiro atoms. The van der Waals surface area contributed by atoms with E-state index in [4.69, 9.17) is 9.05 Å². The number of carbonyl (C=O) groups excluding carboxylic acids is 1. The largest absolute Gasteiger partial charge is 0.756 e. The summed E-state index contributed by atoms with van der Waals surface area (Å²) >= 11 is 0. The van der Waals surface area contributed by atoms with Crippen molar-refractivity contribution >= 4 is 13.7 Å². The first-order valence-electron chi connectivity index (χ1n) is 25.7. The van der Waals surface area contributed by atoms with Crippen LogP contribution >= 0.6 is 7.82 Å². The number of aliphatic hydroxyl groups is 1. The number of likely N-dealkylation sites (N-methyl/N-ethyl adjacent to an activating group) is 1. The number of nitrogens with one attached hydrogen (secondary N) is 1. The highest BCUT2D eigenvalue weighted by Gasteiger charge is 2.23. The first-order chi connectivity index (χ1) is 29.0. The van der Waals surface area contributed by atoms with E-state index in [1.165, 1.54) is 186 Å². The lowest BCUT2D eigenvalue weighted by molar-refractivity contribution is -0.870. The molecule has 1 amide bonds. The molecule has 0 heterocycles. The van der Waals surface area contributed by atoms with Crippen LogP contribution in [0.3, 0.4) is 0 Å². The van der Waals surface area contributed by atoms with Gasteiger partial charge in [0.05, 0.1) is 39.9 Å². The second-order valence-corrected chi connectivity index (χ2v) is 20.3. The Morgan fingerprint density at radius 1 is 0.567 bits per heavy atom. The van der Waals surface area contributed by atoms with E-state index in [1.54, 1.807) is 6.08 Å². The number of rotatable bonds is 47. The maximum Gasteiger partial charge on any atom is 0.268 e. The minimum Gasteiger partial charge on any atom is -0.756 e. The zero-order valence-corrected chi connectivity index (χ0v) is 41.3. The molecule has 3 unspecified atom stereocenters. The summed E-state index contributed by atoms with van der Waals surface area (Å²) in [4.78, 5) is 25.2. The minimum atomic E-state index is -4.59. The van der Waals surface area contributed by atoms with Gasteiger partial charge in [0.25, 0.3) is 7.82 Å². The quantitative estimate of drug-likeness (QED) is 0.0273. The lowest BCUT2D eigenvalue weighted by atomic mass is 10.0. The second-order valence-electron chi connectivity index (χ2n) is 18.9. The van der Waals surface area contributed by atoms with Gasteiger partial charge in [-0.1, -0.05) is 231 Å². The van der Waals surface area contributed by atoms with Crippen molar-refractivity contribution in [2.75, 3.05) is 40.9 Å². The van der Waals surface area contributed by atoms with Gasteiger partial charge in [-0.2, -0.15) is 0 Å². The predicted octanol–water partition coefficient (Wildman–Crippen LogP) is 14.2. The van der Waals surface area contributed by atoms with Crippen LogP contribution in [0.1, 0.15) is 245 Å². The molecule has 0 aliphatic rings. The van der Waals surface area contributed by atoms with Crippen LogP contribution < -0.4 is 10.2 Å². The molecule has 356 valence electrons. The number of phosphoric ester groups is 1. The molecule has 0 fully saturated rings. The maximum absolute atomic E-state index is 12.8. The van der Waals surface area contributed by atoms with Crippen LogP contribution in [-0.2, 0) is 18.4 Å². The topological polar surface area (TPSA) is 108 Å². The predicted molar refractivity (Wildman–Crippen MR) is 256 cm³/mol. The van der Waals surface area contributed by atoms with Gasteiger partial charge in [0.1, 0.15) is 13.2 Å². The molecule has 60 heavy (non-hydrogen) atoms. The first-order valence-corrected chi connectivity index (χ1v) is 27.2. The van der Waals surface area contributed by atoms with Crippen LogP contribution in [0.2, 0.25) is 0 Å². The van der Waals surface area contributed by atoms with E-state index >= 15 is 0 Å². The molecule has 0 aliphatic carbocycles. The molecule has 9 heteroatoms. The number of hydrogen-bond acceptors (Lipinski definition) is 6. The Balaban J connectivity index is 4.11. The van der Waals surface area contributed by atoms with Gasteiger partial charge < -0.3 is 28.8 Å². The van der Waals surface area contributed by atoms with Gasteiger partial charge >= 0.3 is 0 Å². The average molecular weight is 869 g/mol. The number of amides is 1. The van der Waals surface area contributed by atoms with E-state index in [0.717, 1.165) is 38.5 Å². The Kier molecular flexibility index (Phi) is 42.5. The van der Waals surface area contributed by atoms with Crippen LogP contribution in [0.5, 0.6) is 0 Å². The zero-order chi connectivity index (χ0) is 44.3. The van der Waals surface area contributed by atoms with Gasteiger partial charge in [-0.25, -0.2) is 0 Å². The molecule has 8 nitrogen and oxygen atoms in total. The standard InChI is InChI=1S/C51H101N2O6P/c1-6-8-10-12-14-16-17-18-19-20-21-22-23-24-25-26-27-28-29-30-31-32-33-34-35-37-38-40-42-44-50(54)49(48-59-60(56,57)58-47-46-53(3,4)5)52-51(55)45-43-41-39-36-15-13-11-9-7-2/h35,37,42,44,49-50,54H,6-34,36,38-41,43,45-48H2,1-5H3,(H-,52,55,56,57)/b37-35+,44-42+. The van der Waals surface area contributed by atoms with E-state index < -0.39 is 20.0 Å². The highest BCUT2D eigenvalue weighted by molar-refractivity contribution is 7.45. The molecule has 0 aromatic heterocycles. The number of hydrogen-bond donors (Lipinski definition) is 2. The molecule has 0 saturated carbocycles. The number of allylic oxidation sites excluding steroid dienone is 3. The molecule has 2 N–H and O–H groups in total. The Morgan fingerprint density at radius 2 is 0.933 bits per heavy atom. The van der Waals surface area contributed by atoms with E-state index in [1.807, 2.05) is 27.2 Å². The van der Waals surface area contributed by atoms with Crippen LogP contribution in [0.4, 0.5) is 0 Å². The normalized spacial score (nSPS) is 14.3. The van der Waals surface area contributed by atoms with Crippen LogP contribution in [0, 0.1) is 0 Å². The lowest BCUT2D eigenvalue weighted by Gasteiger charge is -2.29. The van der Waals surface area contributed by atoms with Crippen molar-refractivity contribution in [2.24, 2.45) is 0 Å². The Morgan fingerprint density at radius 3 is 1.35 bits per heavy atom. The Bertz CT molecular complexity index is 1030. The molecular formula is C51H101N2O6P. The average Bonchev–Trinajstić information content (AvgIpc) is 3.20. The third kappa shape index (κ3) is 45.0. The van der Waals surface area contributed by atoms with Gasteiger partial charge in [0.15, 0.2) is 0 Å². The van der Waals surface area contributed by atoms with Crippen molar-refractivity contribution in [3.05, 3.63) is 24.3 Å². The van der Waals surface area contributed by atoms with Gasteiger partial charge in [-0.3, -0.25) is 9.36 Å². The Hall–Kier alpha value is -1.02. The summed E-state index contributed by atoms with van der Waals surface area (Å²) in [5, 5.41) is 13.8. The third-order valence-electron chi connectivity index (χ3n) is 11.7. The van der Waals surface area contributed by atoms with Gasteiger partial charge in [-0.05, 0) is 32.1 Å². The van der Waals surface area contributed by atoms with Gasteiger partial charge in [-0.15, -0.1) is 0 Å². The molecule has 0 rings (SSSR count). The monoisotopic (exact) mass is 869 g/mol. The van der Waals surface area contributed by atoms with E-state index in [-0.39, 0.29) is 19.1 Å². The summed E-state index contributed by atoms with van der Waals surface area (Å²) in [6.45, 7) is 4.62. The summed E-state index contributed by atoms with van der Waals surface area (Å²) in [7, 11) is 1.25. The summed E-state index contributed by atoms with van der Waals surface area (Å²) in [5.41, 5.74) is 0. The lowest BCUT2D eigenvalue weighted by Crippen LogP contribution is -2.45. The SMILES string of the molecule is CCCCCCCCCCCCCCCCCCCCCCCCC/C=C/CC/C=C/C(O)C(COP(=O)([O-])OCC[N+](C)(C)C)NC(=O)CCCCCCCCCCC. The number of aliphatic hydroxyl groups excluding tert-OH is 1. The van der Waals surface area contributed by atoms with E-state index in [2.05, 4.69) is 31.3 Å². The first kappa shape index (κ1) is 59.0. The van der Waals surface area contributed by atoms with Crippen molar-refractivity contribution in [3.63, 3.8) is 0 Å². The summed E-state index contributed by atoms with van der Waals surface area (Å²) in [6, 6.07) is -0.897. The zero-order valence-electron chi connectivity index (χ0n) is 40.4. The highest BCUT2D eigenvalue weighted by atomic mass is 31.2. The Labute approximate surface area is 373 Å². The van der Waals surface area contributed by atoms with Crippen molar-refractivity contribution in [1.82, 2.24) is 5.32 Å². The van der Waals surface area contributed by atoms with Crippen LogP contribution in [-0.4, -0.2) is 68.5 Å². The fourth-order valence-electron chi connectivity index (χ4n) is 7.58. The van der Waals surface area contributed by atoms with Crippen molar-refractivity contribution in [1.29, 1.82) is 0 Å². The molecule has 3 atom stereocenters. The van der Waals surface area contributed by atoms with Crippen molar-refractivity contribution in [3.8, 4) is 0 Å². The van der Waals surface area contributed by atoms with E-state index in [9.17, 15) is 19.4 Å². The van der Waals surface area contributed by atoms with Crippen LogP contribution in [0.25, 0.3) is 0 Å². The minimum absolute atomic E-state index is 0.00443. The molecule has 0 bridgehead atoms. The summed E-state index contributed by atoms with van der Waals surface area (Å²) in [6.07, 6.45) is 52.7. The molecule has 0 aliphatic heterocycles. The number of nitrogens with zero attached hydrogens (tertiary/aromatic N) is 1. The van der Waals surface area contributed by atoms with Crippen LogP contribution in [0.15, 0.2) is 24.3 Å². The summed E-state index contributed by atoms with van der Waals surface area (Å²) < 4.78 is 23.2. The maximum atomic E-state index is 12.8. The highest BCUT2D eigenvalue weighted by Crippen LogP contribution is 2.38. The molecule has 0 aromatic rings. The fraction of sp³-hybridized carbons (Fsp3) is 0.902.